The van der Waals surface area contributed by atoms with E-state index in [1.807, 2.05) is 6.92 Å². The fourth-order valence-electron chi connectivity index (χ4n) is 3.84. The maximum absolute atomic E-state index is 11.7. The van der Waals surface area contributed by atoms with E-state index in [2.05, 4.69) is 13.8 Å². The molecular formula is C26H52O2. The lowest BCUT2D eigenvalue weighted by Gasteiger charge is -2.13. The number of hydrogen-bond acceptors (Lipinski definition) is 2. The first-order valence-corrected chi connectivity index (χ1v) is 12.9. The highest BCUT2D eigenvalue weighted by molar-refractivity contribution is 5.69. The van der Waals surface area contributed by atoms with Gasteiger partial charge >= 0.3 is 5.97 Å². The molecule has 0 radical (unpaired) electrons. The molecule has 0 saturated heterocycles. The predicted molar refractivity (Wildman–Crippen MR) is 124 cm³/mol. The molecule has 0 spiro atoms. The number of unbranched alkanes of at least 4 members (excludes halogenated alkanes) is 17. The Bertz CT molecular complexity index is 314. The van der Waals surface area contributed by atoms with Crippen LogP contribution in [0.2, 0.25) is 0 Å². The fourth-order valence-corrected chi connectivity index (χ4v) is 3.84. The Labute approximate surface area is 177 Å². The topological polar surface area (TPSA) is 26.3 Å². The molecule has 0 amide bonds. The van der Waals surface area contributed by atoms with Crippen molar-refractivity contribution in [2.24, 2.45) is 0 Å². The lowest BCUT2D eigenvalue weighted by molar-refractivity contribution is -0.148. The van der Waals surface area contributed by atoms with Crippen LogP contribution in [0.4, 0.5) is 0 Å². The van der Waals surface area contributed by atoms with E-state index < -0.39 is 0 Å². The molecule has 0 saturated carbocycles. The summed E-state index contributed by atoms with van der Waals surface area (Å²) >= 11 is 0. The zero-order valence-electron chi connectivity index (χ0n) is 19.7. The Morgan fingerprint density at radius 1 is 0.571 bits per heavy atom. The zero-order chi connectivity index (χ0) is 20.7. The Hall–Kier alpha value is -0.530. The smallest absolute Gasteiger partial charge is 0.306 e. The summed E-state index contributed by atoms with van der Waals surface area (Å²) in [7, 11) is 0. The second-order valence-electron chi connectivity index (χ2n) is 8.85. The molecule has 0 aliphatic carbocycles. The monoisotopic (exact) mass is 396 g/mol. The van der Waals surface area contributed by atoms with Crippen LogP contribution in [0.1, 0.15) is 156 Å². The molecule has 0 aliphatic rings. The molecule has 1 atom stereocenters. The third-order valence-corrected chi connectivity index (χ3v) is 5.78. The van der Waals surface area contributed by atoms with E-state index in [0.717, 1.165) is 25.7 Å². The molecule has 0 aromatic heterocycles. The van der Waals surface area contributed by atoms with Crippen LogP contribution in [0.25, 0.3) is 0 Å². The Kier molecular flexibility index (Phi) is 22.3. The highest BCUT2D eigenvalue weighted by atomic mass is 16.5. The number of carbonyl (C=O) groups excluding carboxylic acids is 1. The molecule has 0 aliphatic heterocycles. The lowest BCUT2D eigenvalue weighted by atomic mass is 10.0. The van der Waals surface area contributed by atoms with Gasteiger partial charge < -0.3 is 4.74 Å². The van der Waals surface area contributed by atoms with Crippen LogP contribution in [-0.4, -0.2) is 12.1 Å². The summed E-state index contributed by atoms with van der Waals surface area (Å²) in [6.07, 6.45) is 27.4. The van der Waals surface area contributed by atoms with Gasteiger partial charge in [-0.1, -0.05) is 123 Å². The minimum atomic E-state index is -0.00237. The van der Waals surface area contributed by atoms with E-state index in [-0.39, 0.29) is 12.1 Å². The highest BCUT2D eigenvalue weighted by Crippen LogP contribution is 2.15. The van der Waals surface area contributed by atoms with E-state index >= 15 is 0 Å². The summed E-state index contributed by atoms with van der Waals surface area (Å²) in [6.45, 7) is 6.49. The Morgan fingerprint density at radius 3 is 1.36 bits per heavy atom. The predicted octanol–water partition coefficient (Wildman–Crippen LogP) is 9.15. The molecular weight excluding hydrogens is 344 g/mol. The largest absolute Gasteiger partial charge is 0.463 e. The minimum absolute atomic E-state index is 0.00237. The molecule has 0 aromatic carbocycles. The maximum atomic E-state index is 11.7. The van der Waals surface area contributed by atoms with Gasteiger partial charge in [-0.3, -0.25) is 4.79 Å². The SMILES string of the molecule is CCCCCCCCCCCCCCCCCCC(C)OC(=O)CCCCC. The highest BCUT2D eigenvalue weighted by Gasteiger charge is 2.08. The molecule has 0 aromatic rings. The maximum Gasteiger partial charge on any atom is 0.306 e. The molecule has 0 N–H and O–H groups in total. The number of hydrogen-bond donors (Lipinski definition) is 0. The van der Waals surface area contributed by atoms with Crippen LogP contribution in [-0.2, 0) is 9.53 Å². The number of carbonyl (C=O) groups is 1. The number of esters is 1. The molecule has 0 heterocycles. The number of ether oxygens (including phenoxy) is 1. The van der Waals surface area contributed by atoms with E-state index in [0.29, 0.717) is 6.42 Å². The van der Waals surface area contributed by atoms with Crippen molar-refractivity contribution in [1.82, 2.24) is 0 Å². The second kappa shape index (κ2) is 22.8. The first-order valence-electron chi connectivity index (χ1n) is 12.9. The zero-order valence-corrected chi connectivity index (χ0v) is 19.7. The van der Waals surface area contributed by atoms with Crippen molar-refractivity contribution < 1.29 is 9.53 Å². The van der Waals surface area contributed by atoms with Gasteiger partial charge in [0, 0.05) is 6.42 Å². The van der Waals surface area contributed by atoms with Crippen molar-refractivity contribution >= 4 is 5.97 Å². The molecule has 0 fully saturated rings. The summed E-state index contributed by atoms with van der Waals surface area (Å²) in [6, 6.07) is 0. The molecule has 1 unspecified atom stereocenters. The van der Waals surface area contributed by atoms with Crippen LogP contribution >= 0.6 is 0 Å². The van der Waals surface area contributed by atoms with Gasteiger partial charge in [0.05, 0.1) is 6.10 Å². The average molecular weight is 397 g/mol. The van der Waals surface area contributed by atoms with Crippen LogP contribution in [0.5, 0.6) is 0 Å². The van der Waals surface area contributed by atoms with Gasteiger partial charge in [0.1, 0.15) is 0 Å². The van der Waals surface area contributed by atoms with Gasteiger partial charge in [-0.05, 0) is 26.2 Å². The number of rotatable bonds is 22. The molecule has 0 bridgehead atoms. The molecule has 28 heavy (non-hydrogen) atoms. The van der Waals surface area contributed by atoms with Crippen LogP contribution in [0.15, 0.2) is 0 Å². The molecule has 2 heteroatoms. The quantitative estimate of drug-likeness (QED) is 0.135. The minimum Gasteiger partial charge on any atom is -0.463 e. The van der Waals surface area contributed by atoms with Crippen molar-refractivity contribution in [3.8, 4) is 0 Å². The summed E-state index contributed by atoms with van der Waals surface area (Å²) in [5.41, 5.74) is 0. The summed E-state index contributed by atoms with van der Waals surface area (Å²) in [5.74, 6) is -0.00237. The first-order chi connectivity index (χ1) is 13.7. The van der Waals surface area contributed by atoms with Crippen molar-refractivity contribution in [3.63, 3.8) is 0 Å². The van der Waals surface area contributed by atoms with Gasteiger partial charge in [0.2, 0.25) is 0 Å². The summed E-state index contributed by atoms with van der Waals surface area (Å²) in [5, 5.41) is 0. The molecule has 168 valence electrons. The second-order valence-corrected chi connectivity index (χ2v) is 8.85. The van der Waals surface area contributed by atoms with Crippen molar-refractivity contribution in [1.29, 1.82) is 0 Å². The third-order valence-electron chi connectivity index (χ3n) is 5.78. The Balaban J connectivity index is 3.19. The average Bonchev–Trinajstić information content (AvgIpc) is 2.67. The Morgan fingerprint density at radius 2 is 0.929 bits per heavy atom. The molecule has 2 nitrogen and oxygen atoms in total. The van der Waals surface area contributed by atoms with E-state index in [4.69, 9.17) is 4.74 Å². The third kappa shape index (κ3) is 21.8. The van der Waals surface area contributed by atoms with E-state index in [1.54, 1.807) is 0 Å². The van der Waals surface area contributed by atoms with Crippen LogP contribution in [0.3, 0.4) is 0 Å². The summed E-state index contributed by atoms with van der Waals surface area (Å²) < 4.78 is 5.48. The van der Waals surface area contributed by atoms with Gasteiger partial charge in [0.25, 0.3) is 0 Å². The lowest BCUT2D eigenvalue weighted by Crippen LogP contribution is -2.14. The van der Waals surface area contributed by atoms with E-state index in [9.17, 15) is 4.79 Å². The van der Waals surface area contributed by atoms with Crippen molar-refractivity contribution in [2.45, 2.75) is 162 Å². The van der Waals surface area contributed by atoms with Crippen molar-refractivity contribution in [2.75, 3.05) is 0 Å². The van der Waals surface area contributed by atoms with Gasteiger partial charge in [0.15, 0.2) is 0 Å². The van der Waals surface area contributed by atoms with Gasteiger partial charge in [-0.25, -0.2) is 0 Å². The first kappa shape index (κ1) is 27.5. The standard InChI is InChI=1S/C26H52O2/c1-4-6-8-9-10-11-12-13-14-15-16-17-18-19-20-22-23-25(3)28-26(27)24-21-7-5-2/h25H,4-24H2,1-3H3. The van der Waals surface area contributed by atoms with Crippen LogP contribution in [0, 0.1) is 0 Å². The van der Waals surface area contributed by atoms with Gasteiger partial charge in [-0.2, -0.15) is 0 Å². The van der Waals surface area contributed by atoms with E-state index in [1.165, 1.54) is 103 Å². The van der Waals surface area contributed by atoms with Crippen LogP contribution < -0.4 is 0 Å². The van der Waals surface area contributed by atoms with Crippen molar-refractivity contribution in [3.05, 3.63) is 0 Å². The normalized spacial score (nSPS) is 12.2. The fraction of sp³-hybridized carbons (Fsp3) is 0.962. The van der Waals surface area contributed by atoms with Gasteiger partial charge in [-0.15, -0.1) is 0 Å². The summed E-state index contributed by atoms with van der Waals surface area (Å²) in [4.78, 5) is 11.7. The molecule has 0 rings (SSSR count).